The minimum absolute atomic E-state index is 0.198. The summed E-state index contributed by atoms with van der Waals surface area (Å²) in [6, 6.07) is -0.663. The van der Waals surface area contributed by atoms with E-state index in [0.29, 0.717) is 17.8 Å². The molecule has 1 aromatic heterocycles. The Morgan fingerprint density at radius 1 is 1.42 bits per heavy atom. The van der Waals surface area contributed by atoms with Crippen LogP contribution >= 0.6 is 0 Å². The van der Waals surface area contributed by atoms with Crippen LogP contribution in [-0.2, 0) is 14.2 Å². The maximum Gasteiger partial charge on any atom is 0.411 e. The number of aromatic amines is 1. The molecule has 0 bridgehead atoms. The van der Waals surface area contributed by atoms with E-state index < -0.39 is 29.1 Å². The zero-order chi connectivity index (χ0) is 19.5. The fourth-order valence-electron chi connectivity index (χ4n) is 4.27. The molecule has 8 heteroatoms. The number of rotatable bonds is 2. The van der Waals surface area contributed by atoms with Crippen LogP contribution < -0.4 is 5.73 Å². The molecule has 4 atom stereocenters. The van der Waals surface area contributed by atoms with E-state index in [9.17, 15) is 4.79 Å². The number of amides is 1. The molecule has 0 radical (unpaired) electrons. The molecule has 0 aromatic carbocycles. The number of hydrogen-bond acceptors (Lipinski definition) is 6. The quantitative estimate of drug-likeness (QED) is 0.834. The molecule has 2 fully saturated rings. The van der Waals surface area contributed by atoms with Crippen molar-refractivity contribution < 1.29 is 19.0 Å². The van der Waals surface area contributed by atoms with Crippen molar-refractivity contribution in [3.05, 3.63) is 11.8 Å². The van der Waals surface area contributed by atoms with Crippen molar-refractivity contribution in [2.75, 3.05) is 5.73 Å². The normalized spacial score (nSPS) is 33.3. The standard InChI is InChI=1S/C18H30N4O4/c1-8-11-13-18(7,26-17(5,6)24-13)12(10-9-20-21-14(10)19)22(11)15(23)25-16(2,3)4/h9,11-13H,8H2,1-7H3,(H3,19,20,21)/t11-,12+,13-,18+/m1/s1. The number of H-pyrrole nitrogens is 1. The Balaban J connectivity index is 2.10. The second-order valence-corrected chi connectivity index (χ2v) is 8.73. The van der Waals surface area contributed by atoms with Crippen LogP contribution in [0.3, 0.4) is 0 Å². The van der Waals surface area contributed by atoms with Crippen molar-refractivity contribution in [2.45, 2.75) is 90.1 Å². The van der Waals surface area contributed by atoms with Crippen LogP contribution in [0.5, 0.6) is 0 Å². The molecule has 2 aliphatic rings. The average molecular weight is 366 g/mol. The molecule has 0 spiro atoms. The zero-order valence-electron chi connectivity index (χ0n) is 16.6. The van der Waals surface area contributed by atoms with E-state index in [1.807, 2.05) is 48.5 Å². The van der Waals surface area contributed by atoms with Crippen LogP contribution in [-0.4, -0.2) is 50.3 Å². The maximum absolute atomic E-state index is 13.1. The van der Waals surface area contributed by atoms with Gasteiger partial charge in [-0.2, -0.15) is 5.10 Å². The summed E-state index contributed by atoms with van der Waals surface area (Å²) in [6.07, 6.45) is 1.64. The molecule has 0 saturated carbocycles. The largest absolute Gasteiger partial charge is 0.444 e. The highest BCUT2D eigenvalue weighted by Crippen LogP contribution is 2.55. The third-order valence-electron chi connectivity index (χ3n) is 4.99. The number of anilines is 1. The first-order chi connectivity index (χ1) is 11.9. The van der Waals surface area contributed by atoms with E-state index in [0.717, 1.165) is 0 Å². The number of nitrogen functional groups attached to an aromatic ring is 1. The fourth-order valence-corrected chi connectivity index (χ4v) is 4.27. The van der Waals surface area contributed by atoms with Crippen LogP contribution in [0.15, 0.2) is 6.20 Å². The van der Waals surface area contributed by atoms with Crippen molar-refractivity contribution in [2.24, 2.45) is 0 Å². The van der Waals surface area contributed by atoms with Crippen molar-refractivity contribution in [1.29, 1.82) is 0 Å². The summed E-state index contributed by atoms with van der Waals surface area (Å²) < 4.78 is 18.2. The average Bonchev–Trinajstić information content (AvgIpc) is 3.04. The minimum Gasteiger partial charge on any atom is -0.444 e. The van der Waals surface area contributed by atoms with Crippen LogP contribution in [0.1, 0.15) is 66.5 Å². The second-order valence-electron chi connectivity index (χ2n) is 8.73. The van der Waals surface area contributed by atoms with E-state index in [-0.39, 0.29) is 12.1 Å². The van der Waals surface area contributed by atoms with Gasteiger partial charge in [0.15, 0.2) is 5.79 Å². The predicted octanol–water partition coefficient (Wildman–Crippen LogP) is 2.97. The highest BCUT2D eigenvalue weighted by atomic mass is 16.8. The van der Waals surface area contributed by atoms with Crippen molar-refractivity contribution in [3.8, 4) is 0 Å². The highest BCUT2D eigenvalue weighted by Gasteiger charge is 2.67. The second kappa shape index (κ2) is 5.85. The Morgan fingerprint density at radius 3 is 2.58 bits per heavy atom. The Bertz CT molecular complexity index is 696. The lowest BCUT2D eigenvalue weighted by Gasteiger charge is -2.37. The predicted molar refractivity (Wildman–Crippen MR) is 96.3 cm³/mol. The first-order valence-electron chi connectivity index (χ1n) is 9.07. The molecule has 2 saturated heterocycles. The van der Waals surface area contributed by atoms with Gasteiger partial charge in [0, 0.05) is 5.56 Å². The number of likely N-dealkylation sites (tertiary alicyclic amines) is 1. The number of carbonyl (C=O) groups excluding carboxylic acids is 1. The van der Waals surface area contributed by atoms with Gasteiger partial charge in [-0.1, -0.05) is 6.92 Å². The van der Waals surface area contributed by atoms with Gasteiger partial charge in [0.25, 0.3) is 0 Å². The van der Waals surface area contributed by atoms with Gasteiger partial charge in [-0.15, -0.1) is 0 Å². The van der Waals surface area contributed by atoms with Gasteiger partial charge in [0.2, 0.25) is 0 Å². The molecule has 8 nitrogen and oxygen atoms in total. The summed E-state index contributed by atoms with van der Waals surface area (Å²) >= 11 is 0. The van der Waals surface area contributed by atoms with Gasteiger partial charge in [-0.25, -0.2) is 4.79 Å². The molecular formula is C18H30N4O4. The van der Waals surface area contributed by atoms with Crippen LogP contribution in [0.2, 0.25) is 0 Å². The Kier molecular flexibility index (Phi) is 4.27. The molecule has 3 N–H and O–H groups in total. The summed E-state index contributed by atoms with van der Waals surface area (Å²) in [5.41, 5.74) is 5.45. The molecular weight excluding hydrogens is 336 g/mol. The van der Waals surface area contributed by atoms with E-state index in [1.165, 1.54) is 0 Å². The van der Waals surface area contributed by atoms with Crippen molar-refractivity contribution in [3.63, 3.8) is 0 Å². The summed E-state index contributed by atoms with van der Waals surface area (Å²) in [4.78, 5) is 14.8. The molecule has 0 aliphatic carbocycles. The summed E-state index contributed by atoms with van der Waals surface area (Å²) in [6.45, 7) is 13.3. The van der Waals surface area contributed by atoms with E-state index in [1.54, 1.807) is 11.1 Å². The Labute approximate surface area is 154 Å². The van der Waals surface area contributed by atoms with Crippen molar-refractivity contribution >= 4 is 11.9 Å². The lowest BCUT2D eigenvalue weighted by atomic mass is 9.88. The summed E-state index contributed by atoms with van der Waals surface area (Å²) in [5, 5.41) is 6.80. The first-order valence-corrected chi connectivity index (χ1v) is 9.07. The van der Waals surface area contributed by atoms with E-state index in [4.69, 9.17) is 19.9 Å². The number of carbonyl (C=O) groups is 1. The fraction of sp³-hybridized carbons (Fsp3) is 0.778. The van der Waals surface area contributed by atoms with Gasteiger partial charge >= 0.3 is 6.09 Å². The first kappa shape index (κ1) is 19.0. The molecule has 0 unspecified atom stereocenters. The van der Waals surface area contributed by atoms with Crippen LogP contribution in [0, 0.1) is 0 Å². The SMILES string of the molecule is CC[C@@H]1[C@H]2OC(C)(C)O[C@@]2(C)[C@H](c2cn[nH]c2N)N1C(=O)OC(C)(C)C. The van der Waals surface area contributed by atoms with Crippen molar-refractivity contribution in [1.82, 2.24) is 15.1 Å². The third kappa shape index (κ3) is 2.95. The Hall–Kier alpha value is -1.80. The number of nitrogens with one attached hydrogen (secondary N) is 1. The number of nitrogens with zero attached hydrogens (tertiary/aromatic N) is 2. The lowest BCUT2D eigenvalue weighted by Crippen LogP contribution is -2.45. The molecule has 3 rings (SSSR count). The van der Waals surface area contributed by atoms with Crippen LogP contribution in [0.25, 0.3) is 0 Å². The number of aromatic nitrogens is 2. The zero-order valence-corrected chi connectivity index (χ0v) is 16.6. The summed E-state index contributed by atoms with van der Waals surface area (Å²) in [5.74, 6) is -0.336. The van der Waals surface area contributed by atoms with Gasteiger partial charge in [0.05, 0.1) is 18.3 Å². The molecule has 26 heavy (non-hydrogen) atoms. The molecule has 1 amide bonds. The van der Waals surface area contributed by atoms with Gasteiger partial charge in [-0.3, -0.25) is 10.00 Å². The minimum atomic E-state index is -0.765. The lowest BCUT2D eigenvalue weighted by molar-refractivity contribution is -0.182. The van der Waals surface area contributed by atoms with Crippen LogP contribution in [0.4, 0.5) is 10.6 Å². The van der Waals surface area contributed by atoms with Gasteiger partial charge < -0.3 is 19.9 Å². The molecule has 1 aromatic rings. The van der Waals surface area contributed by atoms with E-state index in [2.05, 4.69) is 10.2 Å². The van der Waals surface area contributed by atoms with Gasteiger partial charge in [-0.05, 0) is 48.0 Å². The Morgan fingerprint density at radius 2 is 2.08 bits per heavy atom. The number of fused-ring (bicyclic) bond motifs is 1. The summed E-state index contributed by atoms with van der Waals surface area (Å²) in [7, 11) is 0. The smallest absolute Gasteiger partial charge is 0.411 e. The number of nitrogens with two attached hydrogens (primary N) is 1. The topological polar surface area (TPSA) is 103 Å². The number of hydrogen-bond donors (Lipinski definition) is 2. The molecule has 146 valence electrons. The monoisotopic (exact) mass is 366 g/mol. The molecule has 2 aliphatic heterocycles. The number of ether oxygens (including phenoxy) is 3. The molecule has 3 heterocycles. The third-order valence-corrected chi connectivity index (χ3v) is 4.99. The maximum atomic E-state index is 13.1. The van der Waals surface area contributed by atoms with E-state index >= 15 is 0 Å². The highest BCUT2D eigenvalue weighted by molar-refractivity contribution is 5.71. The van der Waals surface area contributed by atoms with Gasteiger partial charge in [0.1, 0.15) is 23.1 Å².